The van der Waals surface area contributed by atoms with Crippen molar-refractivity contribution in [2.75, 3.05) is 11.9 Å². The van der Waals surface area contributed by atoms with Gasteiger partial charge in [-0.1, -0.05) is 25.1 Å². The van der Waals surface area contributed by atoms with Crippen LogP contribution in [0.4, 0.5) is 5.69 Å². The van der Waals surface area contributed by atoms with Crippen LogP contribution in [0, 0.1) is 12.8 Å². The predicted molar refractivity (Wildman–Crippen MR) is 76.4 cm³/mol. The zero-order valence-electron chi connectivity index (χ0n) is 11.3. The smallest absolute Gasteiger partial charge is 0.124 e. The molecule has 19 heavy (non-hydrogen) atoms. The van der Waals surface area contributed by atoms with Crippen molar-refractivity contribution in [1.82, 2.24) is 4.98 Å². The summed E-state index contributed by atoms with van der Waals surface area (Å²) < 4.78 is 5.78. The quantitative estimate of drug-likeness (QED) is 0.889. The molecule has 1 aliphatic heterocycles. The van der Waals surface area contributed by atoms with E-state index in [2.05, 4.69) is 35.4 Å². The molecular formula is C16H18N2O. The van der Waals surface area contributed by atoms with Crippen LogP contribution >= 0.6 is 0 Å². The maximum Gasteiger partial charge on any atom is 0.124 e. The number of ether oxygens (including phenoxy) is 1. The molecule has 1 N–H and O–H groups in total. The lowest BCUT2D eigenvalue weighted by atomic mass is 9.92. The third kappa shape index (κ3) is 2.28. The maximum atomic E-state index is 5.78. The Kier molecular flexibility index (Phi) is 3.11. The first kappa shape index (κ1) is 12.0. The second-order valence-corrected chi connectivity index (χ2v) is 5.08. The second kappa shape index (κ2) is 4.92. The minimum Gasteiger partial charge on any atom is -0.493 e. The molecule has 2 atom stereocenters. The lowest BCUT2D eigenvalue weighted by Crippen LogP contribution is -2.29. The number of nitrogens with zero attached hydrogens (tertiary/aromatic N) is 1. The number of hydrogen-bond donors (Lipinski definition) is 1. The SMILES string of the molecule is Cc1ncccc1NC1c2ccccc2OCC1C. The topological polar surface area (TPSA) is 34.2 Å². The van der Waals surface area contributed by atoms with Gasteiger partial charge >= 0.3 is 0 Å². The van der Waals surface area contributed by atoms with Crippen LogP contribution in [0.15, 0.2) is 42.6 Å². The summed E-state index contributed by atoms with van der Waals surface area (Å²) in [5, 5.41) is 3.61. The number of anilines is 1. The van der Waals surface area contributed by atoms with E-state index in [0.29, 0.717) is 5.92 Å². The third-order valence-electron chi connectivity index (χ3n) is 3.64. The van der Waals surface area contributed by atoms with Gasteiger partial charge in [0, 0.05) is 17.7 Å². The minimum atomic E-state index is 0.271. The van der Waals surface area contributed by atoms with E-state index in [0.717, 1.165) is 23.7 Å². The molecule has 3 heteroatoms. The van der Waals surface area contributed by atoms with E-state index < -0.39 is 0 Å². The fraction of sp³-hybridized carbons (Fsp3) is 0.312. The monoisotopic (exact) mass is 254 g/mol. The number of pyridine rings is 1. The number of fused-ring (bicyclic) bond motifs is 1. The average Bonchev–Trinajstić information content (AvgIpc) is 2.44. The molecule has 0 saturated carbocycles. The molecule has 0 spiro atoms. The van der Waals surface area contributed by atoms with Gasteiger partial charge in [-0.05, 0) is 25.1 Å². The molecular weight excluding hydrogens is 236 g/mol. The molecule has 3 rings (SSSR count). The van der Waals surface area contributed by atoms with Crippen molar-refractivity contribution in [3.8, 4) is 5.75 Å². The number of benzene rings is 1. The highest BCUT2D eigenvalue weighted by molar-refractivity contribution is 5.51. The highest BCUT2D eigenvalue weighted by Crippen LogP contribution is 2.37. The predicted octanol–water partition coefficient (Wildman–Crippen LogP) is 3.57. The summed E-state index contributed by atoms with van der Waals surface area (Å²) >= 11 is 0. The molecule has 0 saturated heterocycles. The standard InChI is InChI=1S/C16H18N2O/c1-11-10-19-15-8-4-3-6-13(15)16(11)18-14-7-5-9-17-12(14)2/h3-9,11,16,18H,10H2,1-2H3. The number of para-hydroxylation sites is 1. The van der Waals surface area contributed by atoms with Crippen molar-refractivity contribution in [2.24, 2.45) is 5.92 Å². The lowest BCUT2D eigenvalue weighted by molar-refractivity contribution is 0.214. The molecule has 0 bridgehead atoms. The Morgan fingerprint density at radius 3 is 2.89 bits per heavy atom. The molecule has 1 aliphatic rings. The minimum absolute atomic E-state index is 0.271. The van der Waals surface area contributed by atoms with Crippen molar-refractivity contribution >= 4 is 5.69 Å². The van der Waals surface area contributed by atoms with Crippen LogP contribution in [0.1, 0.15) is 24.2 Å². The van der Waals surface area contributed by atoms with Gasteiger partial charge in [0.25, 0.3) is 0 Å². The Bertz CT molecular complexity index is 582. The second-order valence-electron chi connectivity index (χ2n) is 5.08. The van der Waals surface area contributed by atoms with Gasteiger partial charge in [0.15, 0.2) is 0 Å². The Morgan fingerprint density at radius 1 is 1.21 bits per heavy atom. The largest absolute Gasteiger partial charge is 0.493 e. The maximum absolute atomic E-state index is 5.78. The zero-order valence-corrected chi connectivity index (χ0v) is 11.3. The normalized spacial score (nSPS) is 21.4. The van der Waals surface area contributed by atoms with Crippen molar-refractivity contribution in [3.63, 3.8) is 0 Å². The van der Waals surface area contributed by atoms with Gasteiger partial charge in [0.1, 0.15) is 5.75 Å². The van der Waals surface area contributed by atoms with Gasteiger partial charge in [-0.25, -0.2) is 0 Å². The van der Waals surface area contributed by atoms with Crippen LogP contribution in [0.3, 0.4) is 0 Å². The van der Waals surface area contributed by atoms with Crippen molar-refractivity contribution < 1.29 is 4.74 Å². The number of aromatic nitrogens is 1. The van der Waals surface area contributed by atoms with Gasteiger partial charge in [-0.15, -0.1) is 0 Å². The molecule has 98 valence electrons. The first-order valence-electron chi connectivity index (χ1n) is 6.65. The molecule has 0 aliphatic carbocycles. The van der Waals surface area contributed by atoms with E-state index in [4.69, 9.17) is 4.74 Å². The number of hydrogen-bond acceptors (Lipinski definition) is 3. The van der Waals surface area contributed by atoms with Gasteiger partial charge in [0.05, 0.1) is 24.0 Å². The fourth-order valence-corrected chi connectivity index (χ4v) is 2.52. The highest BCUT2D eigenvalue weighted by Gasteiger charge is 2.27. The molecule has 1 aromatic heterocycles. The molecule has 0 amide bonds. The van der Waals surface area contributed by atoms with Crippen molar-refractivity contribution in [2.45, 2.75) is 19.9 Å². The van der Waals surface area contributed by atoms with E-state index in [1.807, 2.05) is 31.3 Å². The summed E-state index contributed by atoms with van der Waals surface area (Å²) in [6.07, 6.45) is 1.82. The highest BCUT2D eigenvalue weighted by atomic mass is 16.5. The zero-order chi connectivity index (χ0) is 13.2. The summed E-state index contributed by atoms with van der Waals surface area (Å²) in [7, 11) is 0. The van der Waals surface area contributed by atoms with Crippen molar-refractivity contribution in [3.05, 3.63) is 53.9 Å². The summed E-state index contributed by atoms with van der Waals surface area (Å²) in [6, 6.07) is 12.6. The summed E-state index contributed by atoms with van der Waals surface area (Å²) in [6.45, 7) is 4.98. The Labute approximate surface area is 113 Å². The third-order valence-corrected chi connectivity index (χ3v) is 3.64. The number of aryl methyl sites for hydroxylation is 1. The molecule has 1 aromatic carbocycles. The van der Waals surface area contributed by atoms with Crippen LogP contribution in [0.2, 0.25) is 0 Å². The molecule has 2 unspecified atom stereocenters. The number of rotatable bonds is 2. The van der Waals surface area contributed by atoms with Crippen LogP contribution in [-0.2, 0) is 0 Å². The van der Waals surface area contributed by atoms with Crippen LogP contribution in [-0.4, -0.2) is 11.6 Å². The van der Waals surface area contributed by atoms with E-state index in [1.165, 1.54) is 5.56 Å². The number of nitrogens with one attached hydrogen (secondary N) is 1. The van der Waals surface area contributed by atoms with Crippen molar-refractivity contribution in [1.29, 1.82) is 0 Å². The fourth-order valence-electron chi connectivity index (χ4n) is 2.52. The molecule has 2 heterocycles. The van der Waals surface area contributed by atoms with Gasteiger partial charge in [0.2, 0.25) is 0 Å². The summed E-state index contributed by atoms with van der Waals surface area (Å²) in [5.74, 6) is 1.41. The average molecular weight is 254 g/mol. The van der Waals surface area contributed by atoms with Gasteiger partial charge in [-0.2, -0.15) is 0 Å². The molecule has 0 fully saturated rings. The molecule has 0 radical (unpaired) electrons. The Morgan fingerprint density at radius 2 is 2.05 bits per heavy atom. The summed E-state index contributed by atoms with van der Waals surface area (Å²) in [4.78, 5) is 4.33. The van der Waals surface area contributed by atoms with Crippen LogP contribution < -0.4 is 10.1 Å². The van der Waals surface area contributed by atoms with E-state index in [9.17, 15) is 0 Å². The molecule has 3 nitrogen and oxygen atoms in total. The van der Waals surface area contributed by atoms with Crippen LogP contribution in [0.25, 0.3) is 0 Å². The molecule has 2 aromatic rings. The van der Waals surface area contributed by atoms with Gasteiger partial charge in [-0.3, -0.25) is 4.98 Å². The van der Waals surface area contributed by atoms with Gasteiger partial charge < -0.3 is 10.1 Å². The first-order valence-corrected chi connectivity index (χ1v) is 6.65. The first-order chi connectivity index (χ1) is 9.25. The van der Waals surface area contributed by atoms with Crippen LogP contribution in [0.5, 0.6) is 5.75 Å². The Hall–Kier alpha value is -2.03. The lowest BCUT2D eigenvalue weighted by Gasteiger charge is -2.33. The summed E-state index contributed by atoms with van der Waals surface area (Å²) in [5.41, 5.74) is 3.35. The Balaban J connectivity index is 1.94. The van der Waals surface area contributed by atoms with E-state index in [1.54, 1.807) is 0 Å². The van der Waals surface area contributed by atoms with E-state index >= 15 is 0 Å². The van der Waals surface area contributed by atoms with E-state index in [-0.39, 0.29) is 6.04 Å².